The number of nitrogens with zero attached hydrogens (tertiary/aromatic N) is 1. The van der Waals surface area contributed by atoms with Crippen LogP contribution in [0.2, 0.25) is 0 Å². The van der Waals surface area contributed by atoms with Gasteiger partial charge in [-0.15, -0.1) is 0 Å². The highest BCUT2D eigenvalue weighted by molar-refractivity contribution is 5.81. The van der Waals surface area contributed by atoms with Gasteiger partial charge in [0.15, 0.2) is 0 Å². The highest BCUT2D eigenvalue weighted by Gasteiger charge is 2.20. The van der Waals surface area contributed by atoms with Crippen LogP contribution in [-0.2, 0) is 11.3 Å². The maximum absolute atomic E-state index is 5.79. The van der Waals surface area contributed by atoms with Gasteiger partial charge in [-0.05, 0) is 12.1 Å². The molecule has 0 saturated heterocycles. The van der Waals surface area contributed by atoms with Gasteiger partial charge < -0.3 is 24.5 Å². The lowest BCUT2D eigenvalue weighted by atomic mass is 10.00. The van der Waals surface area contributed by atoms with Crippen LogP contribution in [0.1, 0.15) is 5.56 Å². The summed E-state index contributed by atoms with van der Waals surface area (Å²) in [5.41, 5.74) is 8.04. The van der Waals surface area contributed by atoms with Gasteiger partial charge in [0, 0.05) is 18.2 Å². The van der Waals surface area contributed by atoms with Crippen molar-refractivity contribution in [1.82, 2.24) is 5.16 Å². The first kappa shape index (κ1) is 13.2. The second kappa shape index (κ2) is 5.62. The molecule has 1 heterocycles. The molecule has 0 radical (unpaired) electrons. The Balaban J connectivity index is 2.70. The molecule has 1 aromatic heterocycles. The van der Waals surface area contributed by atoms with Crippen LogP contribution in [0.5, 0.6) is 11.5 Å². The maximum atomic E-state index is 5.79. The normalized spacial score (nSPS) is 10.5. The third-order valence-electron chi connectivity index (χ3n) is 2.83. The summed E-state index contributed by atoms with van der Waals surface area (Å²) < 4.78 is 20.9. The smallest absolute Gasteiger partial charge is 0.230 e. The molecule has 0 unspecified atom stereocenters. The molecule has 0 saturated carbocycles. The highest BCUT2D eigenvalue weighted by Crippen LogP contribution is 2.41. The quantitative estimate of drug-likeness (QED) is 0.890. The van der Waals surface area contributed by atoms with E-state index in [1.807, 2.05) is 6.07 Å². The van der Waals surface area contributed by atoms with E-state index in [-0.39, 0.29) is 5.88 Å². The van der Waals surface area contributed by atoms with Gasteiger partial charge in [-0.1, -0.05) is 5.16 Å². The zero-order valence-electron chi connectivity index (χ0n) is 11.1. The summed E-state index contributed by atoms with van der Waals surface area (Å²) in [4.78, 5) is 0. The first-order valence-corrected chi connectivity index (χ1v) is 5.66. The van der Waals surface area contributed by atoms with Crippen LogP contribution in [0.25, 0.3) is 11.1 Å². The number of methoxy groups -OCH3 is 3. The Bertz CT molecular complexity index is 566. The van der Waals surface area contributed by atoms with E-state index < -0.39 is 0 Å². The molecule has 0 spiro atoms. The molecule has 0 amide bonds. The minimum Gasteiger partial charge on any atom is -0.496 e. The van der Waals surface area contributed by atoms with Gasteiger partial charge in [0.1, 0.15) is 11.5 Å². The van der Waals surface area contributed by atoms with E-state index in [9.17, 15) is 0 Å². The van der Waals surface area contributed by atoms with E-state index in [2.05, 4.69) is 5.16 Å². The summed E-state index contributed by atoms with van der Waals surface area (Å²) in [7, 11) is 4.80. The van der Waals surface area contributed by atoms with Crippen LogP contribution in [0.4, 0.5) is 5.88 Å². The lowest BCUT2D eigenvalue weighted by Crippen LogP contribution is -2.00. The van der Waals surface area contributed by atoms with Gasteiger partial charge in [0.2, 0.25) is 5.88 Å². The fourth-order valence-electron chi connectivity index (χ4n) is 1.99. The number of hydrogen-bond donors (Lipinski definition) is 1. The van der Waals surface area contributed by atoms with Crippen LogP contribution < -0.4 is 15.2 Å². The van der Waals surface area contributed by atoms with Crippen molar-refractivity contribution in [2.75, 3.05) is 27.1 Å². The highest BCUT2D eigenvalue weighted by atomic mass is 16.5. The molecular formula is C13H16N2O4. The first-order chi connectivity index (χ1) is 9.22. The molecule has 6 heteroatoms. The number of nitrogens with two attached hydrogens (primary N) is 1. The van der Waals surface area contributed by atoms with Crippen LogP contribution in [-0.4, -0.2) is 26.5 Å². The van der Waals surface area contributed by atoms with E-state index in [1.54, 1.807) is 33.6 Å². The van der Waals surface area contributed by atoms with E-state index in [4.69, 9.17) is 24.5 Å². The Labute approximate surface area is 111 Å². The van der Waals surface area contributed by atoms with E-state index in [0.717, 1.165) is 11.1 Å². The predicted octanol–water partition coefficient (Wildman–Crippen LogP) is 2.09. The topological polar surface area (TPSA) is 79.7 Å². The summed E-state index contributed by atoms with van der Waals surface area (Å²) in [6.45, 7) is 0.361. The molecule has 102 valence electrons. The summed E-state index contributed by atoms with van der Waals surface area (Å²) >= 11 is 0. The number of anilines is 1. The Kier molecular flexibility index (Phi) is 3.91. The molecule has 19 heavy (non-hydrogen) atoms. The Morgan fingerprint density at radius 2 is 1.84 bits per heavy atom. The summed E-state index contributed by atoms with van der Waals surface area (Å²) in [6, 6.07) is 3.63. The zero-order chi connectivity index (χ0) is 13.8. The molecule has 6 nitrogen and oxygen atoms in total. The van der Waals surface area contributed by atoms with Crippen molar-refractivity contribution >= 4 is 5.88 Å². The number of rotatable bonds is 5. The minimum atomic E-state index is 0.226. The fraction of sp³-hybridized carbons (Fsp3) is 0.308. The van der Waals surface area contributed by atoms with E-state index >= 15 is 0 Å². The van der Waals surface area contributed by atoms with Crippen LogP contribution >= 0.6 is 0 Å². The molecule has 1 aromatic carbocycles. The zero-order valence-corrected chi connectivity index (χ0v) is 11.1. The molecule has 0 fully saturated rings. The van der Waals surface area contributed by atoms with E-state index in [0.29, 0.717) is 23.7 Å². The molecule has 0 bridgehead atoms. The molecule has 0 aliphatic rings. The van der Waals surface area contributed by atoms with Gasteiger partial charge in [-0.2, -0.15) is 0 Å². The molecule has 0 aliphatic carbocycles. The summed E-state index contributed by atoms with van der Waals surface area (Å²) in [5, 5.41) is 3.69. The number of nitrogen functional groups attached to an aromatic ring is 1. The SMILES string of the molecule is COCc1c(OC)ccc(OC)c1-c1cnoc1N. The third-order valence-corrected chi connectivity index (χ3v) is 2.83. The Morgan fingerprint density at radius 3 is 2.37 bits per heavy atom. The molecular weight excluding hydrogens is 248 g/mol. The summed E-state index contributed by atoms with van der Waals surface area (Å²) in [5.74, 6) is 1.57. The number of hydrogen-bond acceptors (Lipinski definition) is 6. The average molecular weight is 264 g/mol. The average Bonchev–Trinajstić information content (AvgIpc) is 2.84. The number of benzene rings is 1. The Hall–Kier alpha value is -2.21. The van der Waals surface area contributed by atoms with Crippen molar-refractivity contribution < 1.29 is 18.7 Å². The van der Waals surface area contributed by atoms with Gasteiger partial charge in [-0.3, -0.25) is 0 Å². The lowest BCUT2D eigenvalue weighted by Gasteiger charge is -2.16. The van der Waals surface area contributed by atoms with Crippen LogP contribution in [0, 0.1) is 0 Å². The molecule has 2 rings (SSSR count). The third kappa shape index (κ3) is 2.34. The van der Waals surface area contributed by atoms with Crippen LogP contribution in [0.15, 0.2) is 22.9 Å². The predicted molar refractivity (Wildman–Crippen MR) is 70.2 cm³/mol. The second-order valence-corrected chi connectivity index (χ2v) is 3.86. The number of ether oxygens (including phenoxy) is 3. The Morgan fingerprint density at radius 1 is 1.16 bits per heavy atom. The van der Waals surface area contributed by atoms with Gasteiger partial charge in [-0.25, -0.2) is 0 Å². The van der Waals surface area contributed by atoms with E-state index in [1.165, 1.54) is 0 Å². The van der Waals surface area contributed by atoms with Crippen molar-refractivity contribution in [3.8, 4) is 22.6 Å². The molecule has 2 N–H and O–H groups in total. The fourth-order valence-corrected chi connectivity index (χ4v) is 1.99. The largest absolute Gasteiger partial charge is 0.496 e. The molecule has 0 atom stereocenters. The minimum absolute atomic E-state index is 0.226. The van der Waals surface area contributed by atoms with Gasteiger partial charge in [0.25, 0.3) is 0 Å². The summed E-state index contributed by atoms with van der Waals surface area (Å²) in [6.07, 6.45) is 1.55. The first-order valence-electron chi connectivity index (χ1n) is 5.66. The maximum Gasteiger partial charge on any atom is 0.230 e. The van der Waals surface area contributed by atoms with Crippen molar-refractivity contribution in [3.05, 3.63) is 23.9 Å². The standard InChI is InChI=1S/C13H16N2O4/c1-16-7-9-10(17-2)4-5-11(18-3)12(9)8-6-15-19-13(8)14/h4-6H,7,14H2,1-3H3. The van der Waals surface area contributed by atoms with Crippen LogP contribution in [0.3, 0.4) is 0 Å². The van der Waals surface area contributed by atoms with Gasteiger partial charge in [0.05, 0.1) is 32.6 Å². The van der Waals surface area contributed by atoms with Gasteiger partial charge >= 0.3 is 0 Å². The monoisotopic (exact) mass is 264 g/mol. The molecule has 0 aliphatic heterocycles. The lowest BCUT2D eigenvalue weighted by molar-refractivity contribution is 0.182. The van der Waals surface area contributed by atoms with Crippen molar-refractivity contribution in [3.63, 3.8) is 0 Å². The van der Waals surface area contributed by atoms with Crippen molar-refractivity contribution in [2.24, 2.45) is 0 Å². The van der Waals surface area contributed by atoms with Crippen molar-refractivity contribution in [2.45, 2.75) is 6.61 Å². The molecule has 2 aromatic rings. The second-order valence-electron chi connectivity index (χ2n) is 3.86. The number of aromatic nitrogens is 1. The van der Waals surface area contributed by atoms with Crippen molar-refractivity contribution in [1.29, 1.82) is 0 Å².